The van der Waals surface area contributed by atoms with E-state index in [9.17, 15) is 4.79 Å². The van der Waals surface area contributed by atoms with E-state index < -0.39 is 0 Å². The number of halogens is 3. The topological polar surface area (TPSA) is 42.0 Å². The van der Waals surface area contributed by atoms with Crippen LogP contribution in [0, 0.1) is 0 Å². The average Bonchev–Trinajstić information content (AvgIpc) is 2.42. The highest BCUT2D eigenvalue weighted by Crippen LogP contribution is 2.26. The lowest BCUT2D eigenvalue weighted by Gasteiger charge is -2.09. The predicted octanol–water partition coefficient (Wildman–Crippen LogP) is 4.97. The smallest absolute Gasteiger partial charge is 0.255 e. The number of aromatic nitrogens is 1. The maximum atomic E-state index is 12.2. The summed E-state index contributed by atoms with van der Waals surface area (Å²) in [6, 6.07) is 8.44. The molecule has 1 N–H and O–H groups in total. The maximum Gasteiger partial charge on any atom is 0.255 e. The van der Waals surface area contributed by atoms with Crippen LogP contribution in [0.3, 0.4) is 0 Å². The van der Waals surface area contributed by atoms with E-state index in [4.69, 9.17) is 23.2 Å². The first-order valence-corrected chi connectivity index (χ1v) is 7.47. The molecule has 0 aliphatic carbocycles. The highest BCUT2D eigenvalue weighted by Gasteiger charge is 2.11. The van der Waals surface area contributed by atoms with Gasteiger partial charge >= 0.3 is 0 Å². The molecule has 0 unspecified atom stereocenters. The number of benzene rings is 1. The lowest BCUT2D eigenvalue weighted by molar-refractivity contribution is 0.102. The Bertz CT molecular complexity index is 662. The number of nitrogens with one attached hydrogen (secondary N) is 1. The number of hydrogen-bond donors (Lipinski definition) is 1. The van der Waals surface area contributed by atoms with E-state index in [2.05, 4.69) is 26.2 Å². The van der Waals surface area contributed by atoms with E-state index in [1.165, 1.54) is 6.07 Å². The summed E-state index contributed by atoms with van der Waals surface area (Å²) in [6.45, 7) is 1.95. The monoisotopic (exact) mass is 372 g/mol. The Morgan fingerprint density at radius 3 is 2.75 bits per heavy atom. The minimum atomic E-state index is -0.257. The number of hydrogen-bond acceptors (Lipinski definition) is 2. The van der Waals surface area contributed by atoms with Gasteiger partial charge in [-0.05, 0) is 52.7 Å². The molecule has 6 heteroatoms. The van der Waals surface area contributed by atoms with Crippen LogP contribution >= 0.6 is 39.1 Å². The molecule has 0 fully saturated rings. The maximum absolute atomic E-state index is 12.2. The fourth-order valence-corrected chi connectivity index (χ4v) is 2.40. The molecule has 2 rings (SSSR count). The van der Waals surface area contributed by atoms with Gasteiger partial charge in [0.05, 0.1) is 5.69 Å². The van der Waals surface area contributed by atoms with Crippen LogP contribution in [0.25, 0.3) is 0 Å². The zero-order chi connectivity index (χ0) is 14.7. The van der Waals surface area contributed by atoms with E-state index in [-0.39, 0.29) is 5.91 Å². The van der Waals surface area contributed by atoms with Crippen molar-refractivity contribution in [3.63, 3.8) is 0 Å². The predicted molar refractivity (Wildman–Crippen MR) is 85.7 cm³/mol. The van der Waals surface area contributed by atoms with Gasteiger partial charge in [0.15, 0.2) is 0 Å². The summed E-state index contributed by atoms with van der Waals surface area (Å²) in [7, 11) is 0. The van der Waals surface area contributed by atoms with Crippen molar-refractivity contribution in [1.82, 2.24) is 4.98 Å². The Balaban J connectivity index is 2.28. The molecule has 0 saturated heterocycles. The summed E-state index contributed by atoms with van der Waals surface area (Å²) in [6.07, 6.45) is 0.710. The van der Waals surface area contributed by atoms with Gasteiger partial charge in [-0.2, -0.15) is 0 Å². The zero-order valence-electron chi connectivity index (χ0n) is 10.6. The fraction of sp³-hybridized carbons (Fsp3) is 0.143. The van der Waals surface area contributed by atoms with Gasteiger partial charge in [0.2, 0.25) is 0 Å². The van der Waals surface area contributed by atoms with Crippen LogP contribution in [0.4, 0.5) is 5.69 Å². The fourth-order valence-electron chi connectivity index (χ4n) is 1.65. The largest absolute Gasteiger partial charge is 0.321 e. The number of aryl methyl sites for hydroxylation is 1. The van der Waals surface area contributed by atoms with Gasteiger partial charge in [0.1, 0.15) is 5.15 Å². The summed E-state index contributed by atoms with van der Waals surface area (Å²) in [5.41, 5.74) is 1.84. The molecule has 1 heterocycles. The summed E-state index contributed by atoms with van der Waals surface area (Å²) in [5, 5.41) is 3.64. The number of anilines is 1. The minimum Gasteiger partial charge on any atom is -0.321 e. The molecule has 0 bridgehead atoms. The van der Waals surface area contributed by atoms with Gasteiger partial charge in [-0.15, -0.1) is 0 Å². The molecular formula is C14H11BrCl2N2O. The molecule has 20 heavy (non-hydrogen) atoms. The molecule has 0 saturated carbocycles. The van der Waals surface area contributed by atoms with E-state index in [0.717, 1.165) is 10.2 Å². The number of amides is 1. The lowest BCUT2D eigenvalue weighted by atomic mass is 10.2. The molecule has 104 valence electrons. The van der Waals surface area contributed by atoms with Crippen LogP contribution in [0.2, 0.25) is 10.2 Å². The molecule has 3 nitrogen and oxygen atoms in total. The van der Waals surface area contributed by atoms with E-state index in [1.54, 1.807) is 24.3 Å². The Morgan fingerprint density at radius 1 is 1.30 bits per heavy atom. The molecular weight excluding hydrogens is 363 g/mol. The standard InChI is InChI=1S/C14H11BrCl2N2O/c1-2-10-5-8(6-13(17)18-10)14(20)19-12-7-9(16)3-4-11(12)15/h3-7H,2H2,1H3,(H,19,20). The molecule has 0 radical (unpaired) electrons. The summed E-state index contributed by atoms with van der Waals surface area (Å²) < 4.78 is 0.756. The third-order valence-electron chi connectivity index (χ3n) is 2.65. The number of rotatable bonds is 3. The van der Waals surface area contributed by atoms with Crippen molar-refractivity contribution in [2.75, 3.05) is 5.32 Å². The van der Waals surface area contributed by atoms with Gasteiger partial charge < -0.3 is 5.32 Å². The van der Waals surface area contributed by atoms with Crippen molar-refractivity contribution >= 4 is 50.7 Å². The van der Waals surface area contributed by atoms with Crippen LogP contribution in [0.5, 0.6) is 0 Å². The Kier molecular flexibility index (Phi) is 5.02. The molecule has 1 amide bonds. The third-order valence-corrected chi connectivity index (χ3v) is 3.77. The minimum absolute atomic E-state index is 0.257. The first kappa shape index (κ1) is 15.3. The zero-order valence-corrected chi connectivity index (χ0v) is 13.7. The van der Waals surface area contributed by atoms with Gasteiger partial charge in [-0.25, -0.2) is 4.98 Å². The molecule has 1 aromatic carbocycles. The third kappa shape index (κ3) is 3.72. The van der Waals surface area contributed by atoms with Crippen molar-refractivity contribution in [2.24, 2.45) is 0 Å². The number of carbonyl (C=O) groups is 1. The van der Waals surface area contributed by atoms with E-state index in [1.807, 2.05) is 6.92 Å². The van der Waals surface area contributed by atoms with Crippen LogP contribution in [0.1, 0.15) is 23.0 Å². The second kappa shape index (κ2) is 6.57. The van der Waals surface area contributed by atoms with Gasteiger partial charge in [-0.1, -0.05) is 30.1 Å². The lowest BCUT2D eigenvalue weighted by Crippen LogP contribution is -2.13. The van der Waals surface area contributed by atoms with Crippen LogP contribution < -0.4 is 5.32 Å². The molecule has 1 aromatic heterocycles. The van der Waals surface area contributed by atoms with Crippen molar-refractivity contribution in [3.8, 4) is 0 Å². The van der Waals surface area contributed by atoms with Crippen LogP contribution in [-0.4, -0.2) is 10.9 Å². The summed E-state index contributed by atoms with van der Waals surface area (Å²) in [4.78, 5) is 16.4. The van der Waals surface area contributed by atoms with Crippen molar-refractivity contribution < 1.29 is 4.79 Å². The first-order valence-electron chi connectivity index (χ1n) is 5.92. The molecule has 2 aromatic rings. The second-order valence-corrected chi connectivity index (χ2v) is 5.78. The molecule has 0 aliphatic rings. The molecule has 0 spiro atoms. The van der Waals surface area contributed by atoms with Crippen molar-refractivity contribution in [3.05, 3.63) is 56.2 Å². The number of nitrogens with zero attached hydrogens (tertiary/aromatic N) is 1. The van der Waals surface area contributed by atoms with Crippen LogP contribution in [0.15, 0.2) is 34.8 Å². The van der Waals surface area contributed by atoms with E-state index >= 15 is 0 Å². The van der Waals surface area contributed by atoms with Gasteiger partial charge in [0, 0.05) is 20.8 Å². The Labute approximate surface area is 135 Å². The van der Waals surface area contributed by atoms with E-state index in [0.29, 0.717) is 27.8 Å². The normalized spacial score (nSPS) is 10.4. The van der Waals surface area contributed by atoms with Gasteiger partial charge in [0.25, 0.3) is 5.91 Å². The molecule has 0 atom stereocenters. The second-order valence-electron chi connectivity index (χ2n) is 4.10. The first-order chi connectivity index (χ1) is 9.49. The highest BCUT2D eigenvalue weighted by molar-refractivity contribution is 9.10. The van der Waals surface area contributed by atoms with Crippen LogP contribution in [-0.2, 0) is 6.42 Å². The summed E-state index contributed by atoms with van der Waals surface area (Å²) >= 11 is 15.2. The molecule has 0 aliphatic heterocycles. The average molecular weight is 374 g/mol. The van der Waals surface area contributed by atoms with Gasteiger partial charge in [-0.3, -0.25) is 4.79 Å². The number of carbonyl (C=O) groups excluding carboxylic acids is 1. The summed E-state index contributed by atoms with van der Waals surface area (Å²) in [5.74, 6) is -0.257. The van der Waals surface area contributed by atoms with Crippen molar-refractivity contribution in [2.45, 2.75) is 13.3 Å². The quantitative estimate of drug-likeness (QED) is 0.772. The van der Waals surface area contributed by atoms with Crippen molar-refractivity contribution in [1.29, 1.82) is 0 Å². The number of pyridine rings is 1. The Hall–Kier alpha value is -1.10. The highest BCUT2D eigenvalue weighted by atomic mass is 79.9. The SMILES string of the molecule is CCc1cc(C(=O)Nc2cc(Cl)ccc2Br)cc(Cl)n1. The Morgan fingerprint density at radius 2 is 2.05 bits per heavy atom.